The smallest absolute Gasteiger partial charge is 0.259 e. The number of aryl methyl sites for hydroxylation is 3. The number of aromatic nitrogens is 2. The third-order valence-corrected chi connectivity index (χ3v) is 7.39. The van der Waals surface area contributed by atoms with Gasteiger partial charge < -0.3 is 10.3 Å². The van der Waals surface area contributed by atoms with Crippen molar-refractivity contribution in [3.05, 3.63) is 56.2 Å². The number of amides is 1. The number of hydrogen-bond acceptors (Lipinski definition) is 4. The molecule has 2 heterocycles. The number of rotatable bonds is 4. The Bertz CT molecular complexity index is 1210. The van der Waals surface area contributed by atoms with E-state index in [1.807, 2.05) is 0 Å². The van der Waals surface area contributed by atoms with Crippen molar-refractivity contribution in [1.82, 2.24) is 9.97 Å². The van der Waals surface area contributed by atoms with E-state index in [0.29, 0.717) is 29.4 Å². The molecule has 0 fully saturated rings. The Morgan fingerprint density at radius 2 is 2.13 bits per heavy atom. The first-order valence-electron chi connectivity index (χ1n) is 10.7. The minimum absolute atomic E-state index is 0.118. The third-order valence-electron chi connectivity index (χ3n) is 6.24. The van der Waals surface area contributed by atoms with Crippen molar-refractivity contribution in [2.75, 3.05) is 5.32 Å². The molecule has 1 aliphatic carbocycles. The Kier molecular flexibility index (Phi) is 5.73. The summed E-state index contributed by atoms with van der Waals surface area (Å²) in [6.07, 6.45) is 3.46. The van der Waals surface area contributed by atoms with Crippen LogP contribution >= 0.6 is 11.3 Å². The molecule has 0 spiro atoms. The van der Waals surface area contributed by atoms with Gasteiger partial charge >= 0.3 is 0 Å². The molecule has 7 heteroatoms. The first-order valence-corrected chi connectivity index (χ1v) is 11.5. The molecule has 1 aromatic carbocycles. The highest BCUT2D eigenvalue weighted by Gasteiger charge is 2.31. The zero-order valence-corrected chi connectivity index (χ0v) is 19.2. The second-order valence-electron chi connectivity index (χ2n) is 9.51. The van der Waals surface area contributed by atoms with Gasteiger partial charge in [0.05, 0.1) is 5.39 Å². The fourth-order valence-corrected chi connectivity index (χ4v) is 5.53. The largest absolute Gasteiger partial charge is 0.326 e. The summed E-state index contributed by atoms with van der Waals surface area (Å²) >= 11 is 1.61. The lowest BCUT2D eigenvalue weighted by Crippen LogP contribution is -2.26. The molecule has 4 rings (SSSR count). The van der Waals surface area contributed by atoms with Gasteiger partial charge in [0.15, 0.2) is 0 Å². The molecule has 3 aromatic rings. The fraction of sp³-hybridized carbons (Fsp3) is 0.458. The molecule has 0 saturated carbocycles. The van der Waals surface area contributed by atoms with E-state index in [1.54, 1.807) is 30.4 Å². The van der Waals surface area contributed by atoms with Crippen molar-refractivity contribution >= 4 is 33.1 Å². The molecule has 2 aromatic heterocycles. The van der Waals surface area contributed by atoms with Gasteiger partial charge in [0.25, 0.3) is 5.56 Å². The van der Waals surface area contributed by atoms with Crippen LogP contribution < -0.4 is 10.9 Å². The number of fused-ring (bicyclic) bond motifs is 3. The zero-order valence-electron chi connectivity index (χ0n) is 18.4. The predicted molar refractivity (Wildman–Crippen MR) is 123 cm³/mol. The van der Waals surface area contributed by atoms with Gasteiger partial charge in [-0.15, -0.1) is 11.3 Å². The highest BCUT2D eigenvalue weighted by Crippen LogP contribution is 2.41. The number of hydrogen-bond donors (Lipinski definition) is 2. The van der Waals surface area contributed by atoms with E-state index in [0.717, 1.165) is 35.0 Å². The first kappa shape index (κ1) is 21.7. The lowest BCUT2D eigenvalue weighted by molar-refractivity contribution is -0.116. The molecule has 1 atom stereocenters. The molecule has 164 valence electrons. The number of H-pyrrole nitrogens is 1. The number of nitrogens with zero attached hydrogens (tertiary/aromatic N) is 1. The summed E-state index contributed by atoms with van der Waals surface area (Å²) in [6, 6.07) is 4.60. The highest BCUT2D eigenvalue weighted by molar-refractivity contribution is 7.18. The molecule has 0 bridgehead atoms. The maximum absolute atomic E-state index is 13.7. The summed E-state index contributed by atoms with van der Waals surface area (Å²) in [5.74, 6) is 0.504. The maximum atomic E-state index is 13.7. The van der Waals surface area contributed by atoms with Crippen LogP contribution in [0.2, 0.25) is 0 Å². The van der Waals surface area contributed by atoms with E-state index in [2.05, 4.69) is 36.1 Å². The van der Waals surface area contributed by atoms with E-state index in [4.69, 9.17) is 0 Å². The molecule has 0 radical (unpaired) electrons. The number of carbonyl (C=O) groups is 1. The molecule has 2 N–H and O–H groups in total. The van der Waals surface area contributed by atoms with Crippen LogP contribution in [0.4, 0.5) is 10.1 Å². The standard InChI is InChI=1S/C24H28FN3O2S/c1-13-5-7-15(12-17(13)25)26-20(29)10-9-19-27-22(30)21-16-8-6-14(24(2,3)4)11-18(16)31-23(21)28-19/h5,7,12,14H,6,8-11H2,1-4H3,(H,26,29)(H,27,28,30)/t14-/m0/s1. The van der Waals surface area contributed by atoms with Crippen LogP contribution in [-0.4, -0.2) is 15.9 Å². The number of aromatic amines is 1. The van der Waals surface area contributed by atoms with Gasteiger partial charge in [0.2, 0.25) is 5.91 Å². The average molecular weight is 442 g/mol. The SMILES string of the molecule is Cc1ccc(NC(=O)CCc2nc3sc4c(c3c(=O)[nH]2)CC[C@H](C(C)(C)C)C4)cc1F. The maximum Gasteiger partial charge on any atom is 0.259 e. The Labute approximate surface area is 185 Å². The van der Waals surface area contributed by atoms with Gasteiger partial charge in [-0.3, -0.25) is 9.59 Å². The Morgan fingerprint density at radius 3 is 2.84 bits per heavy atom. The van der Waals surface area contributed by atoms with E-state index in [1.165, 1.54) is 10.9 Å². The zero-order chi connectivity index (χ0) is 22.3. The van der Waals surface area contributed by atoms with E-state index < -0.39 is 0 Å². The van der Waals surface area contributed by atoms with Gasteiger partial charge in [0, 0.05) is 23.4 Å². The summed E-state index contributed by atoms with van der Waals surface area (Å²) in [7, 11) is 0. The Morgan fingerprint density at radius 1 is 1.35 bits per heavy atom. The molecule has 0 saturated heterocycles. The van der Waals surface area contributed by atoms with Crippen molar-refractivity contribution in [2.24, 2.45) is 11.3 Å². The van der Waals surface area contributed by atoms with Crippen molar-refractivity contribution in [3.8, 4) is 0 Å². The fourth-order valence-electron chi connectivity index (χ4n) is 4.21. The van der Waals surface area contributed by atoms with Crippen LogP contribution in [0.3, 0.4) is 0 Å². The van der Waals surface area contributed by atoms with Crippen LogP contribution in [0.15, 0.2) is 23.0 Å². The van der Waals surface area contributed by atoms with Crippen molar-refractivity contribution in [1.29, 1.82) is 0 Å². The first-order chi connectivity index (χ1) is 14.6. The minimum atomic E-state index is -0.357. The number of benzene rings is 1. The molecule has 5 nitrogen and oxygen atoms in total. The van der Waals surface area contributed by atoms with Gasteiger partial charge in [-0.2, -0.15) is 0 Å². The van der Waals surface area contributed by atoms with E-state index in [9.17, 15) is 14.0 Å². The number of thiophene rings is 1. The quantitative estimate of drug-likeness (QED) is 0.588. The summed E-state index contributed by atoms with van der Waals surface area (Å²) in [5, 5.41) is 3.41. The van der Waals surface area contributed by atoms with Crippen molar-refractivity contribution < 1.29 is 9.18 Å². The summed E-state index contributed by atoms with van der Waals surface area (Å²) in [6.45, 7) is 8.49. The molecule has 1 aliphatic rings. The lowest BCUT2D eigenvalue weighted by atomic mass is 9.72. The highest BCUT2D eigenvalue weighted by atomic mass is 32.1. The topological polar surface area (TPSA) is 74.8 Å². The lowest BCUT2D eigenvalue weighted by Gasteiger charge is -2.33. The molecule has 1 amide bonds. The summed E-state index contributed by atoms with van der Waals surface area (Å²) in [4.78, 5) is 34.6. The molecular formula is C24H28FN3O2S. The monoisotopic (exact) mass is 441 g/mol. The second-order valence-corrected chi connectivity index (χ2v) is 10.6. The van der Waals surface area contributed by atoms with Gasteiger partial charge in [-0.05, 0) is 60.8 Å². The molecule has 0 unspecified atom stereocenters. The second kappa shape index (κ2) is 8.19. The molecule has 31 heavy (non-hydrogen) atoms. The number of carbonyl (C=O) groups excluding carboxylic acids is 1. The van der Waals surface area contributed by atoms with Crippen LogP contribution in [-0.2, 0) is 24.1 Å². The summed E-state index contributed by atoms with van der Waals surface area (Å²) in [5.41, 5.74) is 2.23. The average Bonchev–Trinajstić information content (AvgIpc) is 3.06. The molecular weight excluding hydrogens is 413 g/mol. The normalized spacial score (nSPS) is 16.4. The minimum Gasteiger partial charge on any atom is -0.326 e. The predicted octanol–water partition coefficient (Wildman–Crippen LogP) is 5.15. The van der Waals surface area contributed by atoms with Crippen molar-refractivity contribution in [2.45, 2.75) is 59.8 Å². The molecule has 0 aliphatic heterocycles. The van der Waals surface area contributed by atoms with Crippen LogP contribution in [0.25, 0.3) is 10.2 Å². The van der Waals surface area contributed by atoms with E-state index >= 15 is 0 Å². The van der Waals surface area contributed by atoms with Crippen LogP contribution in [0, 0.1) is 24.1 Å². The van der Waals surface area contributed by atoms with Crippen LogP contribution in [0.1, 0.15) is 55.4 Å². The van der Waals surface area contributed by atoms with Gasteiger partial charge in [-0.1, -0.05) is 26.8 Å². The van der Waals surface area contributed by atoms with Crippen molar-refractivity contribution in [3.63, 3.8) is 0 Å². The third kappa shape index (κ3) is 4.56. The summed E-state index contributed by atoms with van der Waals surface area (Å²) < 4.78 is 13.7. The number of anilines is 1. The number of halogens is 1. The Hall–Kier alpha value is -2.54. The van der Waals surface area contributed by atoms with E-state index in [-0.39, 0.29) is 29.1 Å². The Balaban J connectivity index is 1.48. The number of nitrogens with one attached hydrogen (secondary N) is 2. The van der Waals surface area contributed by atoms with Crippen LogP contribution in [0.5, 0.6) is 0 Å². The van der Waals surface area contributed by atoms with Gasteiger partial charge in [0.1, 0.15) is 16.5 Å². The van der Waals surface area contributed by atoms with Gasteiger partial charge in [-0.25, -0.2) is 9.37 Å².